The van der Waals surface area contributed by atoms with Crippen LogP contribution in [0, 0.1) is 6.92 Å². The summed E-state index contributed by atoms with van der Waals surface area (Å²) in [7, 11) is 3.30. The molecule has 2 rings (SSSR count). The molecule has 0 heterocycles. The van der Waals surface area contributed by atoms with Crippen LogP contribution in [-0.2, 0) is 6.42 Å². The molecule has 0 bridgehead atoms. The van der Waals surface area contributed by atoms with Crippen molar-refractivity contribution >= 4 is 0 Å². The van der Waals surface area contributed by atoms with E-state index in [0.717, 1.165) is 42.3 Å². The van der Waals surface area contributed by atoms with Crippen molar-refractivity contribution in [2.45, 2.75) is 13.3 Å². The summed E-state index contributed by atoms with van der Waals surface area (Å²) in [5, 5.41) is 3.39. The van der Waals surface area contributed by atoms with Crippen LogP contribution in [0.4, 0.5) is 0 Å². The lowest BCUT2D eigenvalue weighted by atomic mass is 10.1. The molecule has 0 aromatic heterocycles. The lowest BCUT2D eigenvalue weighted by molar-refractivity contribution is 0.312. The molecule has 0 saturated heterocycles. The SMILES string of the molecule is COc1ccc(CCNCCOc2ccccc2C)cc1OC. The van der Waals surface area contributed by atoms with Gasteiger partial charge in [-0.15, -0.1) is 0 Å². The minimum atomic E-state index is 0.663. The Morgan fingerprint density at radius 1 is 0.870 bits per heavy atom. The highest BCUT2D eigenvalue weighted by molar-refractivity contribution is 5.42. The van der Waals surface area contributed by atoms with Crippen molar-refractivity contribution in [3.8, 4) is 17.2 Å². The number of benzene rings is 2. The first-order valence-corrected chi connectivity index (χ1v) is 7.84. The Labute approximate surface area is 138 Å². The van der Waals surface area contributed by atoms with Gasteiger partial charge in [-0.25, -0.2) is 0 Å². The van der Waals surface area contributed by atoms with Crippen molar-refractivity contribution in [1.82, 2.24) is 5.32 Å². The molecule has 0 atom stereocenters. The molecule has 4 heteroatoms. The summed E-state index contributed by atoms with van der Waals surface area (Å²) in [5.41, 5.74) is 2.38. The van der Waals surface area contributed by atoms with Crippen LogP contribution in [-0.4, -0.2) is 33.9 Å². The highest BCUT2D eigenvalue weighted by Crippen LogP contribution is 2.27. The van der Waals surface area contributed by atoms with Crippen molar-refractivity contribution in [3.63, 3.8) is 0 Å². The Balaban J connectivity index is 1.68. The number of rotatable bonds is 9. The van der Waals surface area contributed by atoms with Gasteiger partial charge in [0, 0.05) is 6.54 Å². The Morgan fingerprint density at radius 3 is 2.39 bits per heavy atom. The fraction of sp³-hybridized carbons (Fsp3) is 0.368. The smallest absolute Gasteiger partial charge is 0.160 e. The molecule has 4 nitrogen and oxygen atoms in total. The van der Waals surface area contributed by atoms with Gasteiger partial charge < -0.3 is 19.5 Å². The molecule has 1 N–H and O–H groups in total. The first kappa shape index (κ1) is 17.2. The first-order valence-electron chi connectivity index (χ1n) is 7.84. The van der Waals surface area contributed by atoms with E-state index in [-0.39, 0.29) is 0 Å². The summed E-state index contributed by atoms with van der Waals surface area (Å²) in [5.74, 6) is 2.48. The summed E-state index contributed by atoms with van der Waals surface area (Å²) in [6.07, 6.45) is 0.935. The molecular weight excluding hydrogens is 290 g/mol. The largest absolute Gasteiger partial charge is 0.493 e. The molecule has 0 amide bonds. The van der Waals surface area contributed by atoms with E-state index in [1.54, 1.807) is 14.2 Å². The molecule has 0 aliphatic carbocycles. The molecule has 124 valence electrons. The van der Waals surface area contributed by atoms with Crippen molar-refractivity contribution in [2.24, 2.45) is 0 Å². The van der Waals surface area contributed by atoms with Crippen LogP contribution in [0.1, 0.15) is 11.1 Å². The molecule has 23 heavy (non-hydrogen) atoms. The van der Waals surface area contributed by atoms with Gasteiger partial charge in [0.2, 0.25) is 0 Å². The van der Waals surface area contributed by atoms with Crippen LogP contribution in [0.15, 0.2) is 42.5 Å². The zero-order valence-electron chi connectivity index (χ0n) is 14.1. The van der Waals surface area contributed by atoms with Crippen molar-refractivity contribution < 1.29 is 14.2 Å². The van der Waals surface area contributed by atoms with Gasteiger partial charge in [0.25, 0.3) is 0 Å². The standard InChI is InChI=1S/C19H25NO3/c1-15-6-4-5-7-17(15)23-13-12-20-11-10-16-8-9-18(21-2)19(14-16)22-3/h4-9,14,20H,10-13H2,1-3H3. The zero-order valence-corrected chi connectivity index (χ0v) is 14.1. The van der Waals surface area contributed by atoms with E-state index < -0.39 is 0 Å². The predicted octanol–water partition coefficient (Wildman–Crippen LogP) is 3.22. The molecule has 0 aliphatic rings. The van der Waals surface area contributed by atoms with Crippen molar-refractivity contribution in [2.75, 3.05) is 33.9 Å². The van der Waals surface area contributed by atoms with Gasteiger partial charge >= 0.3 is 0 Å². The monoisotopic (exact) mass is 315 g/mol. The van der Waals surface area contributed by atoms with E-state index >= 15 is 0 Å². The molecule has 0 unspecified atom stereocenters. The van der Waals surface area contributed by atoms with Crippen LogP contribution < -0.4 is 19.5 Å². The average molecular weight is 315 g/mol. The third kappa shape index (κ3) is 5.18. The van der Waals surface area contributed by atoms with Crippen LogP contribution in [0.2, 0.25) is 0 Å². The van der Waals surface area contributed by atoms with Crippen LogP contribution in [0.3, 0.4) is 0 Å². The van der Waals surface area contributed by atoms with E-state index in [1.807, 2.05) is 30.3 Å². The Hall–Kier alpha value is -2.20. The summed E-state index contributed by atoms with van der Waals surface area (Å²) in [6, 6.07) is 14.1. The fourth-order valence-corrected chi connectivity index (χ4v) is 2.35. The van der Waals surface area contributed by atoms with Crippen LogP contribution in [0.5, 0.6) is 17.2 Å². The maximum atomic E-state index is 5.76. The third-order valence-electron chi connectivity index (χ3n) is 3.67. The molecule has 0 saturated carbocycles. The van der Waals surface area contributed by atoms with E-state index in [4.69, 9.17) is 14.2 Å². The summed E-state index contributed by atoms with van der Waals surface area (Å²) in [6.45, 7) is 4.44. The lowest BCUT2D eigenvalue weighted by Gasteiger charge is -2.11. The third-order valence-corrected chi connectivity index (χ3v) is 3.67. The number of nitrogens with one attached hydrogen (secondary N) is 1. The zero-order chi connectivity index (χ0) is 16.5. The minimum Gasteiger partial charge on any atom is -0.493 e. The van der Waals surface area contributed by atoms with Gasteiger partial charge in [-0.05, 0) is 49.2 Å². The number of ether oxygens (including phenoxy) is 3. The summed E-state index contributed by atoms with van der Waals surface area (Å²) in [4.78, 5) is 0. The maximum absolute atomic E-state index is 5.76. The maximum Gasteiger partial charge on any atom is 0.160 e. The van der Waals surface area contributed by atoms with Gasteiger partial charge in [0.15, 0.2) is 11.5 Å². The van der Waals surface area contributed by atoms with Gasteiger partial charge in [-0.3, -0.25) is 0 Å². The summed E-state index contributed by atoms with van der Waals surface area (Å²) < 4.78 is 16.3. The van der Waals surface area contributed by atoms with Crippen molar-refractivity contribution in [3.05, 3.63) is 53.6 Å². The van der Waals surface area contributed by atoms with E-state index in [2.05, 4.69) is 24.4 Å². The highest BCUT2D eigenvalue weighted by atomic mass is 16.5. The van der Waals surface area contributed by atoms with Gasteiger partial charge in [-0.1, -0.05) is 24.3 Å². The molecular formula is C19H25NO3. The number of methoxy groups -OCH3 is 2. The molecule has 2 aromatic carbocycles. The first-order chi connectivity index (χ1) is 11.2. The molecule has 0 fully saturated rings. The lowest BCUT2D eigenvalue weighted by Crippen LogP contribution is -2.23. The second kappa shape index (κ2) is 9.06. The molecule has 0 radical (unpaired) electrons. The minimum absolute atomic E-state index is 0.663. The Morgan fingerprint density at radius 2 is 1.65 bits per heavy atom. The van der Waals surface area contributed by atoms with Gasteiger partial charge in [-0.2, -0.15) is 0 Å². The van der Waals surface area contributed by atoms with E-state index in [9.17, 15) is 0 Å². The highest BCUT2D eigenvalue weighted by Gasteiger charge is 2.04. The second-order valence-corrected chi connectivity index (χ2v) is 5.30. The average Bonchev–Trinajstić information content (AvgIpc) is 2.59. The molecule has 0 spiro atoms. The van der Waals surface area contributed by atoms with Crippen LogP contribution in [0.25, 0.3) is 0 Å². The molecule has 0 aliphatic heterocycles. The Bertz CT molecular complexity index is 613. The van der Waals surface area contributed by atoms with Crippen molar-refractivity contribution in [1.29, 1.82) is 0 Å². The van der Waals surface area contributed by atoms with E-state index in [1.165, 1.54) is 5.56 Å². The Kier molecular flexibility index (Phi) is 6.76. The fourth-order valence-electron chi connectivity index (χ4n) is 2.35. The predicted molar refractivity (Wildman–Crippen MR) is 92.8 cm³/mol. The number of aryl methyl sites for hydroxylation is 1. The topological polar surface area (TPSA) is 39.7 Å². The van der Waals surface area contributed by atoms with Gasteiger partial charge in [0.05, 0.1) is 14.2 Å². The quantitative estimate of drug-likeness (QED) is 0.721. The van der Waals surface area contributed by atoms with Gasteiger partial charge in [0.1, 0.15) is 12.4 Å². The molecule has 2 aromatic rings. The number of hydrogen-bond acceptors (Lipinski definition) is 4. The normalized spacial score (nSPS) is 10.4. The van der Waals surface area contributed by atoms with E-state index in [0.29, 0.717) is 6.61 Å². The number of hydrogen-bond donors (Lipinski definition) is 1. The van der Waals surface area contributed by atoms with Crippen LogP contribution >= 0.6 is 0 Å². The second-order valence-electron chi connectivity index (χ2n) is 5.30. The summed E-state index contributed by atoms with van der Waals surface area (Å²) >= 11 is 0. The number of para-hydroxylation sites is 1.